The maximum Gasteiger partial charge on any atom is 0.389 e. The summed E-state index contributed by atoms with van der Waals surface area (Å²) in [7, 11) is 0. The summed E-state index contributed by atoms with van der Waals surface area (Å²) >= 11 is 1.23. The molecule has 0 aliphatic heterocycles. The number of rotatable bonds is 5. The molecule has 0 bridgehead atoms. The van der Waals surface area contributed by atoms with Crippen LogP contribution in [0.3, 0.4) is 0 Å². The third kappa shape index (κ3) is 10.1. The molecule has 74 valence electrons. The Hall–Kier alpha value is 0.100. The van der Waals surface area contributed by atoms with E-state index in [4.69, 9.17) is 5.11 Å². The molecule has 1 N–H and O–H groups in total. The second-order valence-corrected chi connectivity index (χ2v) is 3.84. The van der Waals surface area contributed by atoms with Crippen molar-refractivity contribution in [2.75, 3.05) is 11.5 Å². The van der Waals surface area contributed by atoms with Crippen LogP contribution in [0.1, 0.15) is 19.8 Å². The molecule has 0 amide bonds. The summed E-state index contributed by atoms with van der Waals surface area (Å²) in [5.41, 5.74) is 0. The highest BCUT2D eigenvalue weighted by Crippen LogP contribution is 2.22. The van der Waals surface area contributed by atoms with Gasteiger partial charge in [-0.05, 0) is 19.1 Å². The molecule has 0 radical (unpaired) electrons. The van der Waals surface area contributed by atoms with Crippen LogP contribution in [-0.2, 0) is 0 Å². The number of aliphatic hydroxyl groups is 1. The highest BCUT2D eigenvalue weighted by Gasteiger charge is 2.25. The fourth-order valence-corrected chi connectivity index (χ4v) is 1.63. The normalized spacial score (nSPS) is 14.8. The van der Waals surface area contributed by atoms with Crippen molar-refractivity contribution in [1.82, 2.24) is 0 Å². The maximum atomic E-state index is 11.6. The van der Waals surface area contributed by atoms with Gasteiger partial charge in [0.1, 0.15) is 0 Å². The van der Waals surface area contributed by atoms with Crippen molar-refractivity contribution in [2.45, 2.75) is 32.0 Å². The van der Waals surface area contributed by atoms with E-state index in [-0.39, 0.29) is 5.75 Å². The minimum atomic E-state index is -4.04. The Morgan fingerprint density at radius 3 is 2.33 bits per heavy atom. The number of hydrogen-bond acceptors (Lipinski definition) is 2. The predicted octanol–water partition coefficient (Wildman–Crippen LogP) is 2.44. The Morgan fingerprint density at radius 2 is 1.92 bits per heavy atom. The molecule has 1 unspecified atom stereocenters. The highest BCUT2D eigenvalue weighted by atomic mass is 32.2. The van der Waals surface area contributed by atoms with Gasteiger partial charge < -0.3 is 5.11 Å². The van der Waals surface area contributed by atoms with Crippen LogP contribution in [0.4, 0.5) is 13.2 Å². The lowest BCUT2D eigenvalue weighted by atomic mass is 10.3. The number of halogens is 3. The lowest BCUT2D eigenvalue weighted by molar-refractivity contribution is -0.129. The Labute approximate surface area is 74.3 Å². The van der Waals surface area contributed by atoms with Crippen LogP contribution in [0.25, 0.3) is 0 Å². The van der Waals surface area contributed by atoms with Crippen LogP contribution in [-0.4, -0.2) is 28.9 Å². The van der Waals surface area contributed by atoms with E-state index in [2.05, 4.69) is 0 Å². The standard InChI is InChI=1S/C7H13F3OS/c1-6(11)2-4-12-5-3-7(8,9)10/h6,11H,2-5H2,1H3. The first-order chi connectivity index (χ1) is 5.42. The predicted molar refractivity (Wildman–Crippen MR) is 44.3 cm³/mol. The van der Waals surface area contributed by atoms with Gasteiger partial charge in [-0.25, -0.2) is 0 Å². The first-order valence-electron chi connectivity index (χ1n) is 3.74. The SMILES string of the molecule is CC(O)CCSCCC(F)(F)F. The summed E-state index contributed by atoms with van der Waals surface area (Å²) in [6.07, 6.45) is -4.64. The van der Waals surface area contributed by atoms with E-state index in [1.54, 1.807) is 6.92 Å². The van der Waals surface area contributed by atoms with Crippen molar-refractivity contribution < 1.29 is 18.3 Å². The molecule has 0 fully saturated rings. The molecule has 0 aromatic rings. The van der Waals surface area contributed by atoms with E-state index in [0.717, 1.165) is 0 Å². The number of alkyl halides is 3. The fraction of sp³-hybridized carbons (Fsp3) is 1.00. The van der Waals surface area contributed by atoms with Crippen molar-refractivity contribution in [3.63, 3.8) is 0 Å². The van der Waals surface area contributed by atoms with Gasteiger partial charge in [-0.2, -0.15) is 24.9 Å². The first kappa shape index (κ1) is 12.1. The van der Waals surface area contributed by atoms with Gasteiger partial charge in [0.25, 0.3) is 0 Å². The van der Waals surface area contributed by atoms with Gasteiger partial charge in [-0.15, -0.1) is 0 Å². The van der Waals surface area contributed by atoms with E-state index >= 15 is 0 Å². The third-order valence-corrected chi connectivity index (χ3v) is 2.23. The Balaban J connectivity index is 3.12. The van der Waals surface area contributed by atoms with E-state index in [1.807, 2.05) is 0 Å². The Bertz CT molecular complexity index is 114. The van der Waals surface area contributed by atoms with Crippen molar-refractivity contribution in [3.05, 3.63) is 0 Å². The molecule has 0 spiro atoms. The van der Waals surface area contributed by atoms with Crippen LogP contribution < -0.4 is 0 Å². The van der Waals surface area contributed by atoms with E-state index in [1.165, 1.54) is 11.8 Å². The van der Waals surface area contributed by atoms with Crippen LogP contribution in [0.5, 0.6) is 0 Å². The molecule has 1 atom stereocenters. The van der Waals surface area contributed by atoms with Gasteiger partial charge in [0, 0.05) is 5.75 Å². The van der Waals surface area contributed by atoms with Gasteiger partial charge in [0.2, 0.25) is 0 Å². The van der Waals surface area contributed by atoms with E-state index in [9.17, 15) is 13.2 Å². The first-order valence-corrected chi connectivity index (χ1v) is 4.90. The van der Waals surface area contributed by atoms with Gasteiger partial charge in [-0.3, -0.25) is 0 Å². The van der Waals surface area contributed by atoms with Crippen molar-refractivity contribution in [1.29, 1.82) is 0 Å². The zero-order chi connectivity index (χ0) is 9.61. The molecule has 12 heavy (non-hydrogen) atoms. The van der Waals surface area contributed by atoms with Gasteiger partial charge >= 0.3 is 6.18 Å². The Kier molecular flexibility index (Phi) is 5.74. The molecule has 0 saturated heterocycles. The second kappa shape index (κ2) is 5.70. The molecular weight excluding hydrogens is 189 g/mol. The van der Waals surface area contributed by atoms with Gasteiger partial charge in [0.05, 0.1) is 12.5 Å². The molecule has 0 saturated carbocycles. The number of hydrogen-bond donors (Lipinski definition) is 1. The minimum absolute atomic E-state index is 0.0935. The van der Waals surface area contributed by atoms with E-state index in [0.29, 0.717) is 12.2 Å². The van der Waals surface area contributed by atoms with Crippen LogP contribution in [0.15, 0.2) is 0 Å². The van der Waals surface area contributed by atoms with Crippen LogP contribution in [0.2, 0.25) is 0 Å². The van der Waals surface area contributed by atoms with Crippen molar-refractivity contribution in [2.24, 2.45) is 0 Å². The maximum absolute atomic E-state index is 11.6. The summed E-state index contributed by atoms with van der Waals surface area (Å²) in [6, 6.07) is 0. The quantitative estimate of drug-likeness (QED) is 0.691. The largest absolute Gasteiger partial charge is 0.393 e. The highest BCUT2D eigenvalue weighted by molar-refractivity contribution is 7.99. The summed E-state index contributed by atoms with van der Waals surface area (Å²) in [5.74, 6) is 0.684. The molecule has 0 heterocycles. The Morgan fingerprint density at radius 1 is 1.33 bits per heavy atom. The van der Waals surface area contributed by atoms with Gasteiger partial charge in [-0.1, -0.05) is 0 Å². The second-order valence-electron chi connectivity index (χ2n) is 2.62. The summed E-state index contributed by atoms with van der Waals surface area (Å²) in [5, 5.41) is 8.78. The van der Waals surface area contributed by atoms with Crippen LogP contribution in [0, 0.1) is 0 Å². The number of aliphatic hydroxyl groups excluding tert-OH is 1. The monoisotopic (exact) mass is 202 g/mol. The molecule has 0 aromatic heterocycles. The zero-order valence-corrected chi connectivity index (χ0v) is 7.71. The average Bonchev–Trinajstić information content (AvgIpc) is 1.83. The lowest BCUT2D eigenvalue weighted by Gasteiger charge is -2.06. The average molecular weight is 202 g/mol. The van der Waals surface area contributed by atoms with Crippen molar-refractivity contribution >= 4 is 11.8 Å². The summed E-state index contributed by atoms with van der Waals surface area (Å²) < 4.78 is 34.7. The third-order valence-electron chi connectivity index (χ3n) is 1.21. The molecule has 0 aromatic carbocycles. The molecular formula is C7H13F3OS. The molecule has 0 aliphatic rings. The lowest BCUT2D eigenvalue weighted by Crippen LogP contribution is -2.09. The van der Waals surface area contributed by atoms with Crippen molar-refractivity contribution in [3.8, 4) is 0 Å². The number of thioether (sulfide) groups is 1. The molecule has 0 aliphatic carbocycles. The smallest absolute Gasteiger partial charge is 0.389 e. The summed E-state index contributed by atoms with van der Waals surface area (Å²) in [6.45, 7) is 1.63. The van der Waals surface area contributed by atoms with Crippen LogP contribution >= 0.6 is 11.8 Å². The van der Waals surface area contributed by atoms with E-state index < -0.39 is 18.7 Å². The minimum Gasteiger partial charge on any atom is -0.393 e. The summed E-state index contributed by atoms with van der Waals surface area (Å²) in [4.78, 5) is 0. The molecule has 1 nitrogen and oxygen atoms in total. The zero-order valence-electron chi connectivity index (χ0n) is 6.90. The van der Waals surface area contributed by atoms with Gasteiger partial charge in [0.15, 0.2) is 0 Å². The topological polar surface area (TPSA) is 20.2 Å². The fourth-order valence-electron chi connectivity index (χ4n) is 0.544. The molecule has 5 heteroatoms. The molecule has 0 rings (SSSR count).